The highest BCUT2D eigenvalue weighted by atomic mass is 32.2. The van der Waals surface area contributed by atoms with E-state index in [1.807, 2.05) is 41.3 Å². The average Bonchev–Trinajstić information content (AvgIpc) is 2.82. The molecule has 4 rings (SSSR count). The zero-order chi connectivity index (χ0) is 21.7. The van der Waals surface area contributed by atoms with Gasteiger partial charge < -0.3 is 10.2 Å². The lowest BCUT2D eigenvalue weighted by molar-refractivity contribution is 0.0953. The van der Waals surface area contributed by atoms with E-state index in [1.54, 1.807) is 24.5 Å². The third-order valence-corrected chi connectivity index (χ3v) is 7.30. The van der Waals surface area contributed by atoms with Crippen LogP contribution in [0.4, 0.5) is 5.95 Å². The Morgan fingerprint density at radius 1 is 0.935 bits per heavy atom. The van der Waals surface area contributed by atoms with Crippen molar-refractivity contribution in [1.82, 2.24) is 19.6 Å². The molecule has 0 unspecified atom stereocenters. The number of nitrogens with one attached hydrogen (secondary N) is 1. The lowest BCUT2D eigenvalue weighted by atomic mass is 10.1. The summed E-state index contributed by atoms with van der Waals surface area (Å²) in [5.74, 6) is 0.433. The molecule has 1 N–H and O–H groups in total. The first-order valence-corrected chi connectivity index (χ1v) is 11.9. The van der Waals surface area contributed by atoms with Gasteiger partial charge in [0, 0.05) is 50.7 Å². The molecule has 1 fully saturated rings. The van der Waals surface area contributed by atoms with Crippen molar-refractivity contribution < 1.29 is 13.2 Å². The Balaban J connectivity index is 1.24. The summed E-state index contributed by atoms with van der Waals surface area (Å²) in [4.78, 5) is 22.8. The van der Waals surface area contributed by atoms with Gasteiger partial charge in [0.2, 0.25) is 16.0 Å². The quantitative estimate of drug-likeness (QED) is 0.565. The Labute approximate surface area is 182 Å². The highest BCUT2D eigenvalue weighted by Gasteiger charge is 2.27. The van der Waals surface area contributed by atoms with Crippen LogP contribution >= 0.6 is 0 Å². The number of carbonyl (C=O) groups excluding carboxylic acids is 1. The van der Waals surface area contributed by atoms with Crippen molar-refractivity contribution in [3.63, 3.8) is 0 Å². The molecule has 9 heteroatoms. The van der Waals surface area contributed by atoms with Crippen LogP contribution < -0.4 is 10.2 Å². The SMILES string of the molecule is O=C(NCCCS(=O)(=O)N1CCN(c2ncccn2)CC1)c1ccc2ccccc2c1. The predicted molar refractivity (Wildman–Crippen MR) is 121 cm³/mol. The molecular weight excluding hydrogens is 414 g/mol. The monoisotopic (exact) mass is 439 g/mol. The molecule has 0 aliphatic carbocycles. The van der Waals surface area contributed by atoms with E-state index in [1.165, 1.54) is 4.31 Å². The molecule has 8 nitrogen and oxygen atoms in total. The minimum atomic E-state index is -3.37. The molecule has 31 heavy (non-hydrogen) atoms. The van der Waals surface area contributed by atoms with E-state index in [0.29, 0.717) is 50.7 Å². The minimum Gasteiger partial charge on any atom is -0.352 e. The van der Waals surface area contributed by atoms with Gasteiger partial charge in [-0.25, -0.2) is 18.4 Å². The van der Waals surface area contributed by atoms with Gasteiger partial charge in [-0.1, -0.05) is 30.3 Å². The van der Waals surface area contributed by atoms with E-state index in [0.717, 1.165) is 10.8 Å². The first kappa shape index (κ1) is 21.2. The summed E-state index contributed by atoms with van der Waals surface area (Å²) in [6, 6.07) is 15.1. The minimum absolute atomic E-state index is 0.00678. The van der Waals surface area contributed by atoms with E-state index in [9.17, 15) is 13.2 Å². The van der Waals surface area contributed by atoms with Crippen LogP contribution in [0.2, 0.25) is 0 Å². The van der Waals surface area contributed by atoms with Crippen molar-refractivity contribution in [2.75, 3.05) is 43.4 Å². The maximum Gasteiger partial charge on any atom is 0.251 e. The molecule has 0 bridgehead atoms. The molecule has 1 saturated heterocycles. The summed E-state index contributed by atoms with van der Waals surface area (Å²) >= 11 is 0. The number of sulfonamides is 1. The van der Waals surface area contributed by atoms with Crippen molar-refractivity contribution >= 4 is 32.7 Å². The number of piperazine rings is 1. The maximum absolute atomic E-state index is 12.7. The average molecular weight is 440 g/mol. The van der Waals surface area contributed by atoms with E-state index in [-0.39, 0.29) is 11.7 Å². The standard InChI is InChI=1S/C22H25N5O3S/c28-21(20-8-7-18-5-1-2-6-19(18)17-20)23-11-4-16-31(29,30)27-14-12-26(13-15-27)22-24-9-3-10-25-22/h1-3,5-10,17H,4,11-16H2,(H,23,28). The lowest BCUT2D eigenvalue weighted by Crippen LogP contribution is -2.49. The smallest absolute Gasteiger partial charge is 0.251 e. The number of aromatic nitrogens is 2. The molecule has 0 atom stereocenters. The molecule has 1 aromatic heterocycles. The van der Waals surface area contributed by atoms with Crippen molar-refractivity contribution in [3.05, 3.63) is 66.5 Å². The Morgan fingerprint density at radius 2 is 1.65 bits per heavy atom. The van der Waals surface area contributed by atoms with Crippen LogP contribution in [0.15, 0.2) is 60.9 Å². The second kappa shape index (κ2) is 9.40. The Hall–Kier alpha value is -3.04. The molecular formula is C22H25N5O3S. The van der Waals surface area contributed by atoms with Crippen molar-refractivity contribution in [3.8, 4) is 0 Å². The molecule has 2 heterocycles. The van der Waals surface area contributed by atoms with Gasteiger partial charge in [-0.2, -0.15) is 4.31 Å². The van der Waals surface area contributed by atoms with Gasteiger partial charge in [-0.3, -0.25) is 4.79 Å². The molecule has 1 aliphatic rings. The normalized spacial score (nSPS) is 15.2. The van der Waals surface area contributed by atoms with Gasteiger partial charge in [0.1, 0.15) is 0 Å². The van der Waals surface area contributed by atoms with Crippen LogP contribution in [-0.2, 0) is 10.0 Å². The van der Waals surface area contributed by atoms with Crippen molar-refractivity contribution in [1.29, 1.82) is 0 Å². The first-order chi connectivity index (χ1) is 15.0. The largest absolute Gasteiger partial charge is 0.352 e. The number of carbonyl (C=O) groups is 1. The number of rotatable bonds is 7. The zero-order valence-corrected chi connectivity index (χ0v) is 18.0. The van der Waals surface area contributed by atoms with E-state index < -0.39 is 10.0 Å². The summed E-state index contributed by atoms with van der Waals surface area (Å²) in [6.07, 6.45) is 3.72. The van der Waals surface area contributed by atoms with Crippen LogP contribution in [0.25, 0.3) is 10.8 Å². The number of hydrogen-bond acceptors (Lipinski definition) is 6. The molecule has 0 radical (unpaired) electrons. The third kappa shape index (κ3) is 5.18. The number of fused-ring (bicyclic) bond motifs is 1. The molecule has 1 amide bonds. The summed E-state index contributed by atoms with van der Waals surface area (Å²) < 4.78 is 26.8. The Morgan fingerprint density at radius 3 is 2.39 bits per heavy atom. The zero-order valence-electron chi connectivity index (χ0n) is 17.1. The Bertz CT molecular complexity index is 1150. The van der Waals surface area contributed by atoms with Crippen molar-refractivity contribution in [2.45, 2.75) is 6.42 Å². The lowest BCUT2D eigenvalue weighted by Gasteiger charge is -2.33. The summed E-state index contributed by atoms with van der Waals surface area (Å²) in [5, 5.41) is 4.89. The topological polar surface area (TPSA) is 95.5 Å². The van der Waals surface area contributed by atoms with Gasteiger partial charge >= 0.3 is 0 Å². The number of benzene rings is 2. The van der Waals surface area contributed by atoms with Gasteiger partial charge in [0.25, 0.3) is 5.91 Å². The highest BCUT2D eigenvalue weighted by molar-refractivity contribution is 7.89. The maximum atomic E-state index is 12.7. The van der Waals surface area contributed by atoms with Crippen LogP contribution in [0.3, 0.4) is 0 Å². The van der Waals surface area contributed by atoms with E-state index in [2.05, 4.69) is 15.3 Å². The van der Waals surface area contributed by atoms with Gasteiger partial charge in [-0.15, -0.1) is 0 Å². The number of hydrogen-bond donors (Lipinski definition) is 1. The number of anilines is 1. The van der Waals surface area contributed by atoms with Crippen LogP contribution in [0.1, 0.15) is 16.8 Å². The van der Waals surface area contributed by atoms with E-state index in [4.69, 9.17) is 0 Å². The van der Waals surface area contributed by atoms with Gasteiger partial charge in [0.05, 0.1) is 5.75 Å². The van der Waals surface area contributed by atoms with Crippen LogP contribution in [0.5, 0.6) is 0 Å². The second-order valence-corrected chi connectivity index (χ2v) is 9.51. The van der Waals surface area contributed by atoms with Gasteiger partial charge in [0.15, 0.2) is 0 Å². The van der Waals surface area contributed by atoms with Gasteiger partial charge in [-0.05, 0) is 35.4 Å². The summed E-state index contributed by atoms with van der Waals surface area (Å²) in [5.41, 5.74) is 0.570. The second-order valence-electron chi connectivity index (χ2n) is 7.42. The predicted octanol–water partition coefficient (Wildman–Crippen LogP) is 1.90. The molecule has 3 aromatic rings. The summed E-state index contributed by atoms with van der Waals surface area (Å²) in [6.45, 7) is 2.24. The summed E-state index contributed by atoms with van der Waals surface area (Å²) in [7, 11) is -3.37. The Kier molecular flexibility index (Phi) is 6.43. The molecule has 162 valence electrons. The molecule has 0 spiro atoms. The molecule has 0 saturated carbocycles. The fraction of sp³-hybridized carbons (Fsp3) is 0.318. The molecule has 1 aliphatic heterocycles. The fourth-order valence-corrected chi connectivity index (χ4v) is 5.13. The molecule has 2 aromatic carbocycles. The highest BCUT2D eigenvalue weighted by Crippen LogP contribution is 2.16. The number of amides is 1. The van der Waals surface area contributed by atoms with E-state index >= 15 is 0 Å². The first-order valence-electron chi connectivity index (χ1n) is 10.3. The number of nitrogens with zero attached hydrogens (tertiary/aromatic N) is 4. The third-order valence-electron chi connectivity index (χ3n) is 5.34. The van der Waals surface area contributed by atoms with Crippen molar-refractivity contribution in [2.24, 2.45) is 0 Å². The van der Waals surface area contributed by atoms with Crippen LogP contribution in [0, 0.1) is 0 Å². The van der Waals surface area contributed by atoms with Crippen LogP contribution in [-0.4, -0.2) is 67.1 Å². The fourth-order valence-electron chi connectivity index (χ4n) is 3.64.